The molecule has 0 radical (unpaired) electrons. The predicted octanol–water partition coefficient (Wildman–Crippen LogP) is 3.74. The Kier molecular flexibility index (Phi) is 5.81. The zero-order valence-electron chi connectivity index (χ0n) is 15.6. The van der Waals surface area contributed by atoms with Gasteiger partial charge in [0.2, 0.25) is 0 Å². The molecule has 2 heterocycles. The number of esters is 1. The molecule has 0 fully saturated rings. The van der Waals surface area contributed by atoms with Gasteiger partial charge in [0.25, 0.3) is 5.91 Å². The van der Waals surface area contributed by atoms with Crippen LogP contribution in [-0.4, -0.2) is 29.1 Å². The molecule has 5 nitrogen and oxygen atoms in total. The van der Waals surface area contributed by atoms with E-state index in [0.29, 0.717) is 18.0 Å². The first-order valence-electron chi connectivity index (χ1n) is 9.24. The minimum atomic E-state index is -0.807. The smallest absolute Gasteiger partial charge is 0.342 e. The van der Waals surface area contributed by atoms with Crippen LogP contribution in [0.2, 0.25) is 0 Å². The number of carbonyl (C=O) groups is 2. The summed E-state index contributed by atoms with van der Waals surface area (Å²) in [6, 6.07) is 3.88. The number of hydrogen-bond acceptors (Lipinski definition) is 4. The number of carbonyl (C=O) groups excluding carboxylic acids is 2. The highest BCUT2D eigenvalue weighted by atomic mass is 32.1. The predicted molar refractivity (Wildman–Crippen MR) is 103 cm³/mol. The topological polar surface area (TPSA) is 60.3 Å². The molecule has 140 valence electrons. The zero-order valence-corrected chi connectivity index (χ0v) is 16.4. The number of thiophene rings is 1. The molecule has 1 atom stereocenters. The van der Waals surface area contributed by atoms with Crippen molar-refractivity contribution < 1.29 is 14.3 Å². The highest BCUT2D eigenvalue weighted by Crippen LogP contribution is 2.37. The summed E-state index contributed by atoms with van der Waals surface area (Å²) in [5.41, 5.74) is 1.73. The Hall–Kier alpha value is -2.08. The fourth-order valence-electron chi connectivity index (χ4n) is 3.14. The molecule has 1 aliphatic rings. The molecule has 3 rings (SSSR count). The van der Waals surface area contributed by atoms with E-state index < -0.39 is 12.1 Å². The van der Waals surface area contributed by atoms with Crippen molar-refractivity contribution in [1.29, 1.82) is 0 Å². The van der Waals surface area contributed by atoms with Gasteiger partial charge in [0.1, 0.15) is 5.00 Å². The van der Waals surface area contributed by atoms with Gasteiger partial charge in [0.15, 0.2) is 6.10 Å². The average molecular weight is 375 g/mol. The van der Waals surface area contributed by atoms with E-state index in [4.69, 9.17) is 4.74 Å². The highest BCUT2D eigenvalue weighted by molar-refractivity contribution is 7.15. The Bertz CT molecular complexity index is 777. The van der Waals surface area contributed by atoms with Crippen molar-refractivity contribution in [2.24, 2.45) is 5.92 Å². The van der Waals surface area contributed by atoms with Gasteiger partial charge in [-0.15, -0.1) is 11.3 Å². The van der Waals surface area contributed by atoms with Crippen molar-refractivity contribution in [2.75, 3.05) is 6.54 Å². The number of amides is 1. The Morgan fingerprint density at radius 1 is 1.19 bits per heavy atom. The number of fused-ring (bicyclic) bond motifs is 1. The standard InChI is InChI=1S/C20H26N2O3S/c1-13(2)12-21-18(23)14(3)25-20(24)17-15-8-4-5-9-16(15)26-19(17)22-10-6-7-11-22/h6-7,10-11,13-14H,4-5,8-9,12H2,1-3H3,(H,21,23)/t14-/m0/s1. The van der Waals surface area contributed by atoms with E-state index in [-0.39, 0.29) is 5.91 Å². The van der Waals surface area contributed by atoms with Crippen LogP contribution in [0.5, 0.6) is 0 Å². The maximum absolute atomic E-state index is 12.9. The molecule has 0 aliphatic heterocycles. The van der Waals surface area contributed by atoms with Crippen molar-refractivity contribution in [3.8, 4) is 5.00 Å². The monoisotopic (exact) mass is 374 g/mol. The van der Waals surface area contributed by atoms with Crippen LogP contribution in [0.15, 0.2) is 24.5 Å². The van der Waals surface area contributed by atoms with Crippen LogP contribution < -0.4 is 5.32 Å². The average Bonchev–Trinajstić information content (AvgIpc) is 3.26. The van der Waals surface area contributed by atoms with Gasteiger partial charge in [-0.1, -0.05) is 13.8 Å². The molecule has 0 spiro atoms. The summed E-state index contributed by atoms with van der Waals surface area (Å²) < 4.78 is 7.50. The van der Waals surface area contributed by atoms with Gasteiger partial charge in [0.05, 0.1) is 5.56 Å². The Labute approximate surface area is 158 Å². The molecule has 1 N–H and O–H groups in total. The molecule has 1 amide bonds. The van der Waals surface area contributed by atoms with Gasteiger partial charge in [-0.05, 0) is 56.2 Å². The second-order valence-corrected chi connectivity index (χ2v) is 8.25. The van der Waals surface area contributed by atoms with Gasteiger partial charge in [-0.3, -0.25) is 4.79 Å². The van der Waals surface area contributed by atoms with Crippen LogP contribution in [0.25, 0.3) is 5.00 Å². The Morgan fingerprint density at radius 3 is 2.58 bits per heavy atom. The van der Waals surface area contributed by atoms with Crippen molar-refractivity contribution in [1.82, 2.24) is 9.88 Å². The third-order valence-corrected chi connectivity index (χ3v) is 5.84. The van der Waals surface area contributed by atoms with Crippen LogP contribution in [0.4, 0.5) is 0 Å². The van der Waals surface area contributed by atoms with Crippen LogP contribution in [-0.2, 0) is 22.4 Å². The molecular weight excluding hydrogens is 348 g/mol. The van der Waals surface area contributed by atoms with E-state index in [0.717, 1.165) is 36.2 Å². The van der Waals surface area contributed by atoms with Gasteiger partial charge in [0, 0.05) is 23.8 Å². The number of nitrogens with one attached hydrogen (secondary N) is 1. The molecule has 0 aromatic carbocycles. The molecule has 2 aromatic heterocycles. The number of hydrogen-bond donors (Lipinski definition) is 1. The van der Waals surface area contributed by atoms with Crippen molar-refractivity contribution >= 4 is 23.2 Å². The minimum absolute atomic E-state index is 0.251. The van der Waals surface area contributed by atoms with Crippen LogP contribution >= 0.6 is 11.3 Å². The summed E-state index contributed by atoms with van der Waals surface area (Å²) in [5.74, 6) is -0.301. The van der Waals surface area contributed by atoms with Crippen LogP contribution in [0.3, 0.4) is 0 Å². The lowest BCUT2D eigenvalue weighted by molar-refractivity contribution is -0.129. The van der Waals surface area contributed by atoms with Gasteiger partial charge in [-0.2, -0.15) is 0 Å². The SMILES string of the molecule is CC(C)CNC(=O)[C@H](C)OC(=O)c1c(-n2cccc2)sc2c1CCCC2. The molecule has 0 saturated heterocycles. The number of aryl methyl sites for hydroxylation is 1. The maximum Gasteiger partial charge on any atom is 0.342 e. The van der Waals surface area contributed by atoms with Crippen molar-refractivity contribution in [3.63, 3.8) is 0 Å². The lowest BCUT2D eigenvalue weighted by Crippen LogP contribution is -2.37. The summed E-state index contributed by atoms with van der Waals surface area (Å²) in [6.45, 7) is 6.25. The number of rotatable bonds is 6. The van der Waals surface area contributed by atoms with E-state index >= 15 is 0 Å². The van der Waals surface area contributed by atoms with Crippen molar-refractivity contribution in [2.45, 2.75) is 52.6 Å². The van der Waals surface area contributed by atoms with E-state index in [1.165, 1.54) is 4.88 Å². The largest absolute Gasteiger partial charge is 0.449 e. The molecule has 0 unspecified atom stereocenters. The van der Waals surface area contributed by atoms with Crippen LogP contribution in [0.1, 0.15) is 54.4 Å². The second kappa shape index (κ2) is 8.08. The molecule has 26 heavy (non-hydrogen) atoms. The quantitative estimate of drug-likeness (QED) is 0.784. The zero-order chi connectivity index (χ0) is 18.7. The van der Waals surface area contributed by atoms with E-state index in [1.54, 1.807) is 18.3 Å². The third kappa shape index (κ3) is 4.01. The van der Waals surface area contributed by atoms with E-state index in [9.17, 15) is 9.59 Å². The highest BCUT2D eigenvalue weighted by Gasteiger charge is 2.29. The molecule has 6 heteroatoms. The molecule has 0 saturated carbocycles. The minimum Gasteiger partial charge on any atom is -0.449 e. The molecule has 0 bridgehead atoms. The first-order chi connectivity index (χ1) is 12.5. The van der Waals surface area contributed by atoms with Gasteiger partial charge < -0.3 is 14.6 Å². The lowest BCUT2D eigenvalue weighted by atomic mass is 9.95. The third-order valence-electron chi connectivity index (χ3n) is 4.53. The first-order valence-corrected chi connectivity index (χ1v) is 10.1. The fraction of sp³-hybridized carbons (Fsp3) is 0.500. The van der Waals surface area contributed by atoms with E-state index in [1.807, 2.05) is 42.9 Å². The number of aromatic nitrogens is 1. The first kappa shape index (κ1) is 18.7. The molecule has 1 aliphatic carbocycles. The Morgan fingerprint density at radius 2 is 1.88 bits per heavy atom. The van der Waals surface area contributed by atoms with E-state index in [2.05, 4.69) is 5.32 Å². The Balaban J connectivity index is 1.82. The van der Waals surface area contributed by atoms with Gasteiger partial charge in [-0.25, -0.2) is 4.79 Å². The summed E-state index contributed by atoms with van der Waals surface area (Å²) in [7, 11) is 0. The summed E-state index contributed by atoms with van der Waals surface area (Å²) in [4.78, 5) is 26.4. The lowest BCUT2D eigenvalue weighted by Gasteiger charge is -2.16. The second-order valence-electron chi connectivity index (χ2n) is 7.17. The van der Waals surface area contributed by atoms with Crippen LogP contribution in [0, 0.1) is 5.92 Å². The van der Waals surface area contributed by atoms with Crippen molar-refractivity contribution in [3.05, 3.63) is 40.5 Å². The van der Waals surface area contributed by atoms with Gasteiger partial charge >= 0.3 is 5.97 Å². The molecule has 2 aromatic rings. The maximum atomic E-state index is 12.9. The number of nitrogens with zero attached hydrogens (tertiary/aromatic N) is 1. The summed E-state index contributed by atoms with van der Waals surface area (Å²) >= 11 is 1.66. The summed E-state index contributed by atoms with van der Waals surface area (Å²) in [5, 5.41) is 3.71. The molecular formula is C20H26N2O3S. The summed E-state index contributed by atoms with van der Waals surface area (Å²) in [6.07, 6.45) is 7.20. The normalized spacial score (nSPS) is 14.8. The number of ether oxygens (including phenoxy) is 1. The fourth-order valence-corrected chi connectivity index (χ4v) is 4.48.